The molecule has 0 fully saturated rings. The highest BCUT2D eigenvalue weighted by atomic mass is 35.5. The van der Waals surface area contributed by atoms with Crippen LogP contribution in [0.2, 0.25) is 0 Å². The lowest BCUT2D eigenvalue weighted by Crippen LogP contribution is -3.00. The van der Waals surface area contributed by atoms with Crippen molar-refractivity contribution in [3.05, 3.63) is 0 Å². The average Bonchev–Trinajstić information content (AvgIpc) is 2.59. The minimum atomic E-state index is 0. The molecule has 0 saturated heterocycles. The molecule has 160 valence electrons. The van der Waals surface area contributed by atoms with Crippen LogP contribution in [0.5, 0.6) is 0 Å². The SMILES string of the molecule is CCCCCCCCCCCCCC[N+](C)(C)CCCCCCCC.[Cl-]. The van der Waals surface area contributed by atoms with E-state index in [0.29, 0.717) is 0 Å². The molecule has 0 atom stereocenters. The summed E-state index contributed by atoms with van der Waals surface area (Å²) in [5, 5.41) is 0. The second kappa shape index (κ2) is 21.5. The van der Waals surface area contributed by atoms with E-state index in [0.717, 1.165) is 0 Å². The Balaban J connectivity index is 0. The van der Waals surface area contributed by atoms with Gasteiger partial charge in [0.2, 0.25) is 0 Å². The molecule has 0 aliphatic carbocycles. The minimum Gasteiger partial charge on any atom is -1.00 e. The Hall–Kier alpha value is 0.250. The smallest absolute Gasteiger partial charge is 0.0782 e. The molecular weight excluding hydrogens is 338 g/mol. The van der Waals surface area contributed by atoms with Gasteiger partial charge in [-0.2, -0.15) is 0 Å². The molecule has 26 heavy (non-hydrogen) atoms. The van der Waals surface area contributed by atoms with Crippen LogP contribution in [-0.4, -0.2) is 31.7 Å². The third kappa shape index (κ3) is 22.3. The Morgan fingerprint density at radius 2 is 0.615 bits per heavy atom. The first-order valence-corrected chi connectivity index (χ1v) is 11.9. The maximum atomic E-state index is 2.44. The van der Waals surface area contributed by atoms with Gasteiger partial charge >= 0.3 is 0 Å². The zero-order valence-electron chi connectivity index (χ0n) is 19.0. The van der Waals surface area contributed by atoms with E-state index in [1.807, 2.05) is 0 Å². The van der Waals surface area contributed by atoms with E-state index < -0.39 is 0 Å². The third-order valence-electron chi connectivity index (χ3n) is 5.73. The van der Waals surface area contributed by atoms with Crippen molar-refractivity contribution in [3.8, 4) is 0 Å². The van der Waals surface area contributed by atoms with Crippen molar-refractivity contribution in [1.29, 1.82) is 0 Å². The molecule has 1 nitrogen and oxygen atoms in total. The molecule has 0 radical (unpaired) electrons. The molecule has 0 saturated carbocycles. The Morgan fingerprint density at radius 1 is 0.385 bits per heavy atom. The van der Waals surface area contributed by atoms with Crippen LogP contribution >= 0.6 is 0 Å². The largest absolute Gasteiger partial charge is 1.00 e. The molecule has 0 rings (SSSR count). The summed E-state index contributed by atoms with van der Waals surface area (Å²) in [6.07, 6.45) is 26.0. The van der Waals surface area contributed by atoms with E-state index in [1.54, 1.807) is 0 Å². The van der Waals surface area contributed by atoms with Gasteiger partial charge in [0.1, 0.15) is 0 Å². The molecule has 0 unspecified atom stereocenters. The third-order valence-corrected chi connectivity index (χ3v) is 5.73. The Labute approximate surface area is 173 Å². The predicted molar refractivity (Wildman–Crippen MR) is 116 cm³/mol. The topological polar surface area (TPSA) is 0 Å². The zero-order chi connectivity index (χ0) is 18.6. The highest BCUT2D eigenvalue weighted by Crippen LogP contribution is 2.13. The lowest BCUT2D eigenvalue weighted by molar-refractivity contribution is -0.890. The van der Waals surface area contributed by atoms with Gasteiger partial charge in [0.15, 0.2) is 0 Å². The van der Waals surface area contributed by atoms with Gasteiger partial charge in [-0.15, -0.1) is 0 Å². The fourth-order valence-electron chi connectivity index (χ4n) is 3.81. The van der Waals surface area contributed by atoms with Gasteiger partial charge in [0.25, 0.3) is 0 Å². The van der Waals surface area contributed by atoms with Crippen molar-refractivity contribution in [3.63, 3.8) is 0 Å². The maximum absolute atomic E-state index is 2.44. The average molecular weight is 390 g/mol. The highest BCUT2D eigenvalue weighted by molar-refractivity contribution is 4.49. The molecule has 0 amide bonds. The lowest BCUT2D eigenvalue weighted by atomic mass is 10.1. The van der Waals surface area contributed by atoms with Crippen molar-refractivity contribution in [1.82, 2.24) is 0 Å². The van der Waals surface area contributed by atoms with Gasteiger partial charge in [0.05, 0.1) is 27.2 Å². The van der Waals surface area contributed by atoms with E-state index >= 15 is 0 Å². The van der Waals surface area contributed by atoms with E-state index in [1.165, 1.54) is 133 Å². The van der Waals surface area contributed by atoms with Crippen LogP contribution in [0.4, 0.5) is 0 Å². The van der Waals surface area contributed by atoms with Crippen LogP contribution < -0.4 is 12.4 Å². The summed E-state index contributed by atoms with van der Waals surface area (Å²) in [5.41, 5.74) is 0. The number of rotatable bonds is 20. The summed E-state index contributed by atoms with van der Waals surface area (Å²) in [6.45, 7) is 7.36. The monoisotopic (exact) mass is 389 g/mol. The summed E-state index contributed by atoms with van der Waals surface area (Å²) in [5.74, 6) is 0. The van der Waals surface area contributed by atoms with E-state index in [2.05, 4.69) is 27.9 Å². The molecule has 0 heterocycles. The van der Waals surface area contributed by atoms with Gasteiger partial charge in [-0.3, -0.25) is 0 Å². The molecular formula is C24H52ClN. The number of quaternary nitrogens is 1. The van der Waals surface area contributed by atoms with Crippen LogP contribution in [0.3, 0.4) is 0 Å². The Morgan fingerprint density at radius 3 is 0.885 bits per heavy atom. The van der Waals surface area contributed by atoms with Crippen molar-refractivity contribution < 1.29 is 16.9 Å². The summed E-state index contributed by atoms with van der Waals surface area (Å²) in [7, 11) is 4.87. The van der Waals surface area contributed by atoms with Crippen LogP contribution in [0.1, 0.15) is 129 Å². The van der Waals surface area contributed by atoms with Crippen LogP contribution in [-0.2, 0) is 0 Å². The number of halogens is 1. The number of hydrogen-bond acceptors (Lipinski definition) is 0. The van der Waals surface area contributed by atoms with Crippen molar-refractivity contribution >= 4 is 0 Å². The van der Waals surface area contributed by atoms with Crippen LogP contribution in [0, 0.1) is 0 Å². The van der Waals surface area contributed by atoms with Crippen LogP contribution in [0.15, 0.2) is 0 Å². The fraction of sp³-hybridized carbons (Fsp3) is 1.00. The minimum absolute atomic E-state index is 0. The molecule has 0 spiro atoms. The number of unbranched alkanes of at least 4 members (excludes halogenated alkanes) is 16. The zero-order valence-corrected chi connectivity index (χ0v) is 19.7. The van der Waals surface area contributed by atoms with Gasteiger partial charge < -0.3 is 16.9 Å². The number of nitrogens with zero attached hydrogens (tertiary/aromatic N) is 1. The van der Waals surface area contributed by atoms with Crippen molar-refractivity contribution in [2.24, 2.45) is 0 Å². The molecule has 2 heteroatoms. The van der Waals surface area contributed by atoms with Crippen LogP contribution in [0.25, 0.3) is 0 Å². The molecule has 0 aromatic carbocycles. The molecule has 0 aromatic heterocycles. The summed E-state index contributed by atoms with van der Waals surface area (Å²) >= 11 is 0. The standard InChI is InChI=1S/C24H52N.ClH/c1-5-7-9-11-13-14-15-16-17-18-20-22-24-25(3,4)23-21-19-12-10-8-6-2;/h5-24H2,1-4H3;1H/q+1;/p-1. The van der Waals surface area contributed by atoms with Gasteiger partial charge in [-0.1, -0.05) is 104 Å². The van der Waals surface area contributed by atoms with E-state index in [-0.39, 0.29) is 12.4 Å². The van der Waals surface area contributed by atoms with E-state index in [9.17, 15) is 0 Å². The normalized spacial score (nSPS) is 11.5. The molecule has 0 N–H and O–H groups in total. The van der Waals surface area contributed by atoms with Crippen molar-refractivity contribution in [2.45, 2.75) is 129 Å². The van der Waals surface area contributed by atoms with Crippen molar-refractivity contribution in [2.75, 3.05) is 27.2 Å². The van der Waals surface area contributed by atoms with E-state index in [4.69, 9.17) is 0 Å². The first-order valence-electron chi connectivity index (χ1n) is 11.9. The summed E-state index contributed by atoms with van der Waals surface area (Å²) < 4.78 is 1.24. The number of hydrogen-bond donors (Lipinski definition) is 0. The van der Waals surface area contributed by atoms with Gasteiger partial charge in [-0.25, -0.2) is 0 Å². The van der Waals surface area contributed by atoms with Gasteiger partial charge in [-0.05, 0) is 25.7 Å². The second-order valence-corrected chi connectivity index (χ2v) is 9.04. The fourth-order valence-corrected chi connectivity index (χ4v) is 3.81. The van der Waals surface area contributed by atoms with Gasteiger partial charge in [0, 0.05) is 0 Å². The first kappa shape index (κ1) is 28.5. The summed E-state index contributed by atoms with van der Waals surface area (Å²) in [4.78, 5) is 0. The predicted octanol–water partition coefficient (Wildman–Crippen LogP) is 5.13. The molecule has 0 aliphatic rings. The second-order valence-electron chi connectivity index (χ2n) is 9.04. The quantitative estimate of drug-likeness (QED) is 0.200. The highest BCUT2D eigenvalue weighted by Gasteiger charge is 2.13. The molecule has 0 aliphatic heterocycles. The Kier molecular flexibility index (Phi) is 23.6. The first-order chi connectivity index (χ1) is 12.1. The molecule has 0 bridgehead atoms. The molecule has 0 aromatic rings. The maximum Gasteiger partial charge on any atom is 0.0782 e. The lowest BCUT2D eigenvalue weighted by Gasteiger charge is -2.30. The Bertz CT molecular complexity index is 253. The summed E-state index contributed by atoms with van der Waals surface area (Å²) in [6, 6.07) is 0.